The van der Waals surface area contributed by atoms with Crippen molar-refractivity contribution in [2.75, 3.05) is 11.9 Å². The number of carboxylic acids is 1. The summed E-state index contributed by atoms with van der Waals surface area (Å²) in [6.07, 6.45) is 9.13. The molecule has 0 bridgehead atoms. The molecule has 0 aliphatic heterocycles. The zero-order chi connectivity index (χ0) is 13.5. The lowest BCUT2D eigenvalue weighted by Gasteiger charge is -2.17. The fourth-order valence-corrected chi connectivity index (χ4v) is 2.46. The second-order valence-electron chi connectivity index (χ2n) is 4.99. The quantitative estimate of drug-likeness (QED) is 0.739. The summed E-state index contributed by atoms with van der Waals surface area (Å²) in [6, 6.07) is 0. The van der Waals surface area contributed by atoms with Gasteiger partial charge in [-0.15, -0.1) is 0 Å². The van der Waals surface area contributed by atoms with Crippen LogP contribution in [0.3, 0.4) is 0 Å². The minimum atomic E-state index is -0.710. The van der Waals surface area contributed by atoms with Crippen LogP contribution in [0.1, 0.15) is 49.8 Å². The molecule has 1 aromatic rings. The molecule has 2 N–H and O–H groups in total. The summed E-state index contributed by atoms with van der Waals surface area (Å²) in [7, 11) is 0. The van der Waals surface area contributed by atoms with Crippen molar-refractivity contribution < 1.29 is 9.90 Å². The average molecular weight is 263 g/mol. The monoisotopic (exact) mass is 263 g/mol. The van der Waals surface area contributed by atoms with Gasteiger partial charge in [0.2, 0.25) is 0 Å². The van der Waals surface area contributed by atoms with E-state index in [1.807, 2.05) is 0 Å². The third-order valence-electron chi connectivity index (χ3n) is 3.48. The van der Waals surface area contributed by atoms with Crippen LogP contribution >= 0.6 is 0 Å². The molecule has 1 aromatic heterocycles. The van der Waals surface area contributed by atoms with Crippen molar-refractivity contribution in [1.82, 2.24) is 9.97 Å². The summed E-state index contributed by atoms with van der Waals surface area (Å²) >= 11 is 0. The number of nitrogens with zero attached hydrogens (tertiary/aromatic N) is 2. The minimum absolute atomic E-state index is 0.267. The number of nitrogens with one attached hydrogen (secondary N) is 1. The third kappa shape index (κ3) is 4.19. The number of aliphatic carboxylic acids is 1. The molecule has 0 amide bonds. The standard InChI is InChI=1S/C14H21N3O2/c18-13(19)8-2-1-5-9-15-14-11-6-3-4-7-12(11)16-10-17-14/h10H,1-9H2,(H,18,19)(H,15,16,17). The Kier molecular flexibility index (Phi) is 5.12. The Labute approximate surface area is 113 Å². The molecule has 5 nitrogen and oxygen atoms in total. The normalized spacial score (nSPS) is 13.9. The molecular weight excluding hydrogens is 242 g/mol. The van der Waals surface area contributed by atoms with E-state index < -0.39 is 5.97 Å². The van der Waals surface area contributed by atoms with Gasteiger partial charge in [0, 0.05) is 24.2 Å². The number of anilines is 1. The number of hydrogen-bond acceptors (Lipinski definition) is 4. The molecule has 2 rings (SSSR count). The van der Waals surface area contributed by atoms with Crippen molar-refractivity contribution in [2.24, 2.45) is 0 Å². The van der Waals surface area contributed by atoms with Gasteiger partial charge in [-0.25, -0.2) is 9.97 Å². The van der Waals surface area contributed by atoms with Gasteiger partial charge < -0.3 is 10.4 Å². The first kappa shape index (κ1) is 13.8. The van der Waals surface area contributed by atoms with Gasteiger partial charge in [0.15, 0.2) is 0 Å². The smallest absolute Gasteiger partial charge is 0.303 e. The van der Waals surface area contributed by atoms with Crippen LogP contribution < -0.4 is 5.32 Å². The Morgan fingerprint density at radius 1 is 1.21 bits per heavy atom. The van der Waals surface area contributed by atoms with Crippen LogP contribution in [-0.4, -0.2) is 27.6 Å². The van der Waals surface area contributed by atoms with Gasteiger partial charge in [0.25, 0.3) is 0 Å². The summed E-state index contributed by atoms with van der Waals surface area (Å²) in [5, 5.41) is 11.9. The maximum atomic E-state index is 10.4. The van der Waals surface area contributed by atoms with Crippen molar-refractivity contribution in [3.05, 3.63) is 17.6 Å². The maximum Gasteiger partial charge on any atom is 0.303 e. The lowest BCUT2D eigenvalue weighted by molar-refractivity contribution is -0.137. The van der Waals surface area contributed by atoms with Crippen molar-refractivity contribution in [2.45, 2.75) is 51.4 Å². The minimum Gasteiger partial charge on any atom is -0.481 e. The lowest BCUT2D eigenvalue weighted by Crippen LogP contribution is -2.12. The highest BCUT2D eigenvalue weighted by molar-refractivity contribution is 5.66. The Morgan fingerprint density at radius 3 is 2.89 bits per heavy atom. The number of unbranched alkanes of at least 4 members (excludes halogenated alkanes) is 2. The second kappa shape index (κ2) is 7.07. The zero-order valence-corrected chi connectivity index (χ0v) is 11.2. The molecule has 0 fully saturated rings. The van der Waals surface area contributed by atoms with Crippen LogP contribution in [0.2, 0.25) is 0 Å². The van der Waals surface area contributed by atoms with Crippen molar-refractivity contribution in [3.8, 4) is 0 Å². The van der Waals surface area contributed by atoms with Crippen LogP contribution in [0.25, 0.3) is 0 Å². The number of fused-ring (bicyclic) bond motifs is 1. The molecule has 1 aliphatic rings. The summed E-state index contributed by atoms with van der Waals surface area (Å²) in [5.41, 5.74) is 2.47. The molecule has 1 aliphatic carbocycles. The van der Waals surface area contributed by atoms with Gasteiger partial charge >= 0.3 is 5.97 Å². The van der Waals surface area contributed by atoms with Gasteiger partial charge in [-0.05, 0) is 38.5 Å². The number of carbonyl (C=O) groups is 1. The highest BCUT2D eigenvalue weighted by Crippen LogP contribution is 2.24. The van der Waals surface area contributed by atoms with Crippen LogP contribution in [-0.2, 0) is 17.6 Å². The van der Waals surface area contributed by atoms with Crippen LogP contribution in [0.15, 0.2) is 6.33 Å². The first-order valence-electron chi connectivity index (χ1n) is 7.06. The van der Waals surface area contributed by atoms with E-state index in [1.54, 1.807) is 6.33 Å². The second-order valence-corrected chi connectivity index (χ2v) is 4.99. The van der Waals surface area contributed by atoms with Crippen molar-refractivity contribution in [3.63, 3.8) is 0 Å². The molecular formula is C14H21N3O2. The highest BCUT2D eigenvalue weighted by atomic mass is 16.4. The highest BCUT2D eigenvalue weighted by Gasteiger charge is 2.14. The van der Waals surface area contributed by atoms with E-state index in [4.69, 9.17) is 5.11 Å². The summed E-state index contributed by atoms with van der Waals surface area (Å²) in [6.45, 7) is 0.850. The van der Waals surface area contributed by atoms with E-state index in [2.05, 4.69) is 15.3 Å². The Balaban J connectivity index is 1.75. The van der Waals surface area contributed by atoms with Crippen molar-refractivity contribution >= 4 is 11.8 Å². The molecule has 104 valence electrons. The van der Waals surface area contributed by atoms with Gasteiger partial charge in [-0.1, -0.05) is 6.42 Å². The summed E-state index contributed by atoms with van der Waals surface area (Å²) in [5.74, 6) is 0.265. The van der Waals surface area contributed by atoms with Crippen LogP contribution in [0.4, 0.5) is 5.82 Å². The van der Waals surface area contributed by atoms with E-state index in [0.717, 1.165) is 44.5 Å². The third-order valence-corrected chi connectivity index (χ3v) is 3.48. The Hall–Kier alpha value is -1.65. The zero-order valence-electron chi connectivity index (χ0n) is 11.2. The first-order valence-corrected chi connectivity index (χ1v) is 7.06. The van der Waals surface area contributed by atoms with Crippen molar-refractivity contribution in [1.29, 1.82) is 0 Å². The van der Waals surface area contributed by atoms with Gasteiger partial charge in [0.05, 0.1) is 0 Å². The lowest BCUT2D eigenvalue weighted by atomic mass is 9.96. The van der Waals surface area contributed by atoms with Gasteiger partial charge in [-0.3, -0.25) is 4.79 Å². The summed E-state index contributed by atoms with van der Waals surface area (Å²) < 4.78 is 0. The topological polar surface area (TPSA) is 75.1 Å². The van der Waals surface area contributed by atoms with Gasteiger partial charge in [-0.2, -0.15) is 0 Å². The maximum absolute atomic E-state index is 10.4. The first-order chi connectivity index (χ1) is 9.27. The SMILES string of the molecule is O=C(O)CCCCCNc1ncnc2c1CCCC2. The molecule has 0 radical (unpaired) electrons. The summed E-state index contributed by atoms with van der Waals surface area (Å²) in [4.78, 5) is 19.0. The van der Waals surface area contributed by atoms with E-state index in [1.165, 1.54) is 24.1 Å². The molecule has 0 unspecified atom stereocenters. The Bertz CT molecular complexity index is 435. The molecule has 0 saturated heterocycles. The number of aromatic nitrogens is 2. The molecule has 0 aromatic carbocycles. The Morgan fingerprint density at radius 2 is 2.05 bits per heavy atom. The average Bonchev–Trinajstić information content (AvgIpc) is 2.42. The molecule has 19 heavy (non-hydrogen) atoms. The van der Waals surface area contributed by atoms with Crippen LogP contribution in [0, 0.1) is 0 Å². The predicted molar refractivity (Wildman–Crippen MR) is 73.3 cm³/mol. The van der Waals surface area contributed by atoms with Gasteiger partial charge in [0.1, 0.15) is 12.1 Å². The van der Waals surface area contributed by atoms with E-state index in [-0.39, 0.29) is 6.42 Å². The number of rotatable bonds is 7. The molecule has 0 saturated carbocycles. The van der Waals surface area contributed by atoms with E-state index >= 15 is 0 Å². The fourth-order valence-electron chi connectivity index (χ4n) is 2.46. The number of hydrogen-bond donors (Lipinski definition) is 2. The number of aryl methyl sites for hydroxylation is 1. The predicted octanol–water partition coefficient (Wildman–Crippen LogP) is 2.41. The molecule has 1 heterocycles. The molecule has 5 heteroatoms. The number of carboxylic acid groups (broad SMARTS) is 1. The molecule has 0 spiro atoms. The largest absolute Gasteiger partial charge is 0.481 e. The van der Waals surface area contributed by atoms with E-state index in [9.17, 15) is 4.79 Å². The molecule has 0 atom stereocenters. The van der Waals surface area contributed by atoms with Crippen LogP contribution in [0.5, 0.6) is 0 Å². The van der Waals surface area contributed by atoms with E-state index in [0.29, 0.717) is 0 Å². The fraction of sp³-hybridized carbons (Fsp3) is 0.643.